The number of ether oxygens (including phenoxy) is 1. The molecule has 2 amide bonds. The number of hydrogen-bond donors (Lipinski definition) is 3. The lowest BCUT2D eigenvalue weighted by atomic mass is 10.2. The van der Waals surface area contributed by atoms with Crippen LogP contribution in [0.5, 0.6) is 0 Å². The Labute approximate surface area is 134 Å². The number of carbonyl (C=O) groups excluding carboxylic acids is 2. The van der Waals surface area contributed by atoms with Crippen molar-refractivity contribution >= 4 is 34.8 Å². The molecule has 1 atom stereocenters. The molecule has 0 aromatic heterocycles. The zero-order valence-corrected chi connectivity index (χ0v) is 13.2. The van der Waals surface area contributed by atoms with Gasteiger partial charge in [-0.15, -0.1) is 0 Å². The van der Waals surface area contributed by atoms with Crippen molar-refractivity contribution in [2.75, 3.05) is 18.5 Å². The third-order valence-corrected chi connectivity index (χ3v) is 3.41. The number of benzene rings is 1. The molecule has 1 aliphatic heterocycles. The molecule has 1 aromatic rings. The Bertz CT molecular complexity index is 554. The zero-order chi connectivity index (χ0) is 15.9. The molecule has 1 aliphatic rings. The lowest BCUT2D eigenvalue weighted by molar-refractivity contribution is -0.117. The average molecular weight is 321 g/mol. The third-order valence-electron chi connectivity index (χ3n) is 3.21. The average Bonchev–Trinajstić information content (AvgIpc) is 2.98. The van der Waals surface area contributed by atoms with Gasteiger partial charge in [-0.05, 0) is 49.3 Å². The summed E-state index contributed by atoms with van der Waals surface area (Å²) in [7, 11) is 0. The Kier molecular flexibility index (Phi) is 5.85. The van der Waals surface area contributed by atoms with E-state index in [0.29, 0.717) is 17.8 Å². The highest BCUT2D eigenvalue weighted by Gasteiger charge is 2.16. The minimum atomic E-state index is -0.234. The first-order chi connectivity index (χ1) is 10.5. The van der Waals surface area contributed by atoms with Crippen LogP contribution in [0.1, 0.15) is 30.1 Å². The van der Waals surface area contributed by atoms with Crippen LogP contribution in [-0.4, -0.2) is 36.2 Å². The molecule has 1 unspecified atom stereocenters. The highest BCUT2D eigenvalue weighted by molar-refractivity contribution is 7.80. The van der Waals surface area contributed by atoms with Crippen molar-refractivity contribution < 1.29 is 14.3 Å². The molecule has 1 fully saturated rings. The fourth-order valence-electron chi connectivity index (χ4n) is 2.14. The van der Waals surface area contributed by atoms with Crippen molar-refractivity contribution in [2.45, 2.75) is 25.9 Å². The molecule has 2 rings (SSSR count). The van der Waals surface area contributed by atoms with Gasteiger partial charge >= 0.3 is 0 Å². The van der Waals surface area contributed by atoms with E-state index in [1.54, 1.807) is 24.3 Å². The van der Waals surface area contributed by atoms with Crippen LogP contribution < -0.4 is 16.0 Å². The van der Waals surface area contributed by atoms with Crippen LogP contribution >= 0.6 is 12.2 Å². The molecular formula is C15H19N3O3S. The van der Waals surface area contributed by atoms with E-state index in [4.69, 9.17) is 17.0 Å². The second kappa shape index (κ2) is 7.86. The second-order valence-corrected chi connectivity index (χ2v) is 5.47. The maximum absolute atomic E-state index is 12.0. The summed E-state index contributed by atoms with van der Waals surface area (Å²) in [5.41, 5.74) is 1.27. The van der Waals surface area contributed by atoms with Crippen molar-refractivity contribution in [1.29, 1.82) is 0 Å². The zero-order valence-electron chi connectivity index (χ0n) is 12.3. The van der Waals surface area contributed by atoms with Crippen molar-refractivity contribution in [2.24, 2.45) is 0 Å². The Morgan fingerprint density at radius 2 is 2.05 bits per heavy atom. The van der Waals surface area contributed by atoms with Gasteiger partial charge < -0.3 is 20.7 Å². The lowest BCUT2D eigenvalue weighted by Crippen LogP contribution is -2.32. The monoisotopic (exact) mass is 321 g/mol. The quantitative estimate of drug-likeness (QED) is 0.731. The molecular weight excluding hydrogens is 302 g/mol. The number of anilines is 1. The van der Waals surface area contributed by atoms with Crippen molar-refractivity contribution in [3.8, 4) is 0 Å². The van der Waals surface area contributed by atoms with Crippen LogP contribution in [0.3, 0.4) is 0 Å². The Morgan fingerprint density at radius 3 is 2.64 bits per heavy atom. The van der Waals surface area contributed by atoms with Crippen LogP contribution in [0.15, 0.2) is 24.3 Å². The summed E-state index contributed by atoms with van der Waals surface area (Å²) in [6, 6.07) is 6.86. The van der Waals surface area contributed by atoms with Gasteiger partial charge in [0, 0.05) is 31.3 Å². The standard InChI is InChI=1S/C15H19N3O3S/c1-10(19)17-15(22)18-12-6-4-11(5-7-12)14(20)16-9-13-3-2-8-21-13/h4-7,13H,2-3,8-9H2,1H3,(H,16,20)(H2,17,18,19,22). The number of carbonyl (C=O) groups is 2. The van der Waals surface area contributed by atoms with Crippen molar-refractivity contribution in [3.63, 3.8) is 0 Å². The molecule has 1 heterocycles. The summed E-state index contributed by atoms with van der Waals surface area (Å²) in [5.74, 6) is -0.367. The molecule has 0 spiro atoms. The largest absolute Gasteiger partial charge is 0.376 e. The molecule has 0 saturated carbocycles. The molecule has 0 radical (unpaired) electrons. The van der Waals surface area contributed by atoms with Gasteiger partial charge in [-0.1, -0.05) is 0 Å². The molecule has 1 saturated heterocycles. The predicted molar refractivity (Wildman–Crippen MR) is 87.8 cm³/mol. The normalized spacial score (nSPS) is 16.9. The summed E-state index contributed by atoms with van der Waals surface area (Å²) < 4.78 is 5.46. The van der Waals surface area contributed by atoms with Crippen LogP contribution in [0.2, 0.25) is 0 Å². The third kappa shape index (κ3) is 5.09. The topological polar surface area (TPSA) is 79.5 Å². The van der Waals surface area contributed by atoms with Gasteiger partial charge in [-0.2, -0.15) is 0 Å². The molecule has 118 valence electrons. The lowest BCUT2D eigenvalue weighted by Gasteiger charge is -2.11. The second-order valence-electron chi connectivity index (χ2n) is 5.06. The fourth-order valence-corrected chi connectivity index (χ4v) is 2.40. The maximum atomic E-state index is 12.0. The Hall–Kier alpha value is -1.99. The van der Waals surface area contributed by atoms with Gasteiger partial charge in [0.15, 0.2) is 5.11 Å². The van der Waals surface area contributed by atoms with E-state index in [1.807, 2.05) is 0 Å². The summed E-state index contributed by atoms with van der Waals surface area (Å²) >= 11 is 4.96. The van der Waals surface area contributed by atoms with Crippen LogP contribution in [-0.2, 0) is 9.53 Å². The van der Waals surface area contributed by atoms with Gasteiger partial charge in [-0.3, -0.25) is 9.59 Å². The van der Waals surface area contributed by atoms with Crippen molar-refractivity contribution in [1.82, 2.24) is 10.6 Å². The van der Waals surface area contributed by atoms with E-state index in [1.165, 1.54) is 6.92 Å². The first-order valence-corrected chi connectivity index (χ1v) is 7.54. The van der Waals surface area contributed by atoms with Crippen LogP contribution in [0.25, 0.3) is 0 Å². The number of nitrogens with one attached hydrogen (secondary N) is 3. The molecule has 1 aromatic carbocycles. The highest BCUT2D eigenvalue weighted by Crippen LogP contribution is 2.12. The number of rotatable bonds is 4. The SMILES string of the molecule is CC(=O)NC(=S)Nc1ccc(C(=O)NCC2CCCO2)cc1. The Morgan fingerprint density at radius 1 is 1.32 bits per heavy atom. The van der Waals surface area contributed by atoms with E-state index in [2.05, 4.69) is 16.0 Å². The van der Waals surface area contributed by atoms with Gasteiger partial charge in [0.05, 0.1) is 6.10 Å². The van der Waals surface area contributed by atoms with Gasteiger partial charge in [-0.25, -0.2) is 0 Å². The molecule has 0 aliphatic carbocycles. The fraction of sp³-hybridized carbons (Fsp3) is 0.400. The number of thiocarbonyl (C=S) groups is 1. The van der Waals surface area contributed by atoms with E-state index in [0.717, 1.165) is 19.4 Å². The Balaban J connectivity index is 1.83. The van der Waals surface area contributed by atoms with E-state index < -0.39 is 0 Å². The highest BCUT2D eigenvalue weighted by atomic mass is 32.1. The summed E-state index contributed by atoms with van der Waals surface area (Å²) in [4.78, 5) is 22.9. The number of hydrogen-bond acceptors (Lipinski definition) is 4. The maximum Gasteiger partial charge on any atom is 0.251 e. The summed E-state index contributed by atoms with van der Waals surface area (Å²) in [6.07, 6.45) is 2.17. The van der Waals surface area contributed by atoms with E-state index in [9.17, 15) is 9.59 Å². The molecule has 22 heavy (non-hydrogen) atoms. The van der Waals surface area contributed by atoms with Crippen molar-refractivity contribution in [3.05, 3.63) is 29.8 Å². The molecule has 3 N–H and O–H groups in total. The molecule has 7 heteroatoms. The first kappa shape index (κ1) is 16.4. The molecule has 6 nitrogen and oxygen atoms in total. The minimum absolute atomic E-state index is 0.125. The van der Waals surface area contributed by atoms with E-state index in [-0.39, 0.29) is 23.0 Å². The summed E-state index contributed by atoms with van der Waals surface area (Å²) in [5, 5.41) is 8.42. The van der Waals surface area contributed by atoms with E-state index >= 15 is 0 Å². The molecule has 0 bridgehead atoms. The summed E-state index contributed by atoms with van der Waals surface area (Å²) in [6.45, 7) is 2.69. The minimum Gasteiger partial charge on any atom is -0.376 e. The first-order valence-electron chi connectivity index (χ1n) is 7.13. The predicted octanol–water partition coefficient (Wildman–Crippen LogP) is 1.43. The van der Waals surface area contributed by atoms with Crippen LogP contribution in [0, 0.1) is 0 Å². The van der Waals surface area contributed by atoms with Gasteiger partial charge in [0.2, 0.25) is 5.91 Å². The van der Waals surface area contributed by atoms with Gasteiger partial charge in [0.1, 0.15) is 0 Å². The van der Waals surface area contributed by atoms with Crippen LogP contribution in [0.4, 0.5) is 5.69 Å². The number of amides is 2. The smallest absolute Gasteiger partial charge is 0.251 e. The van der Waals surface area contributed by atoms with Gasteiger partial charge in [0.25, 0.3) is 5.91 Å².